The lowest BCUT2D eigenvalue weighted by Gasteiger charge is -2.32. The quantitative estimate of drug-likeness (QED) is 0.199. The Balaban J connectivity index is 1.53. The molecular formula is C30H33NO4S. The molecule has 0 saturated heterocycles. The molecule has 0 saturated carbocycles. The Bertz CT molecular complexity index is 1250. The van der Waals surface area contributed by atoms with Crippen LogP contribution in [0.1, 0.15) is 24.0 Å². The monoisotopic (exact) mass is 503 g/mol. The van der Waals surface area contributed by atoms with Crippen LogP contribution >= 0.6 is 11.3 Å². The second-order valence-electron chi connectivity index (χ2n) is 9.09. The SMILES string of the molecule is COCCOCCC1(CCOCCOC)c2ccccc2-c2ccc(-c3nc4ccccc4s3)cc21. The smallest absolute Gasteiger partial charge is 0.124 e. The van der Waals surface area contributed by atoms with E-state index in [2.05, 4.69) is 60.7 Å². The average molecular weight is 504 g/mol. The number of ether oxygens (including phenoxy) is 4. The number of hydrogen-bond donors (Lipinski definition) is 0. The van der Waals surface area contributed by atoms with Gasteiger partial charge in [-0.1, -0.05) is 48.5 Å². The third kappa shape index (κ3) is 4.97. The van der Waals surface area contributed by atoms with E-state index in [1.807, 2.05) is 6.07 Å². The largest absolute Gasteiger partial charge is 0.382 e. The molecule has 1 aliphatic rings. The minimum Gasteiger partial charge on any atom is -0.382 e. The normalized spacial score (nSPS) is 13.7. The lowest BCUT2D eigenvalue weighted by molar-refractivity contribution is 0.0491. The molecule has 0 amide bonds. The molecule has 0 N–H and O–H groups in total. The zero-order valence-corrected chi connectivity index (χ0v) is 21.8. The van der Waals surface area contributed by atoms with Gasteiger partial charge in [-0.15, -0.1) is 11.3 Å². The van der Waals surface area contributed by atoms with Crippen molar-refractivity contribution in [3.8, 4) is 21.7 Å². The third-order valence-corrected chi connectivity index (χ3v) is 8.10. The van der Waals surface area contributed by atoms with E-state index in [0.29, 0.717) is 39.6 Å². The summed E-state index contributed by atoms with van der Waals surface area (Å²) in [5.74, 6) is 0. The van der Waals surface area contributed by atoms with Crippen molar-refractivity contribution in [2.75, 3.05) is 53.9 Å². The van der Waals surface area contributed by atoms with Gasteiger partial charge in [0.25, 0.3) is 0 Å². The first-order chi connectivity index (χ1) is 17.8. The number of nitrogens with zero attached hydrogens (tertiary/aromatic N) is 1. The van der Waals surface area contributed by atoms with E-state index in [-0.39, 0.29) is 5.41 Å². The van der Waals surface area contributed by atoms with Crippen molar-refractivity contribution < 1.29 is 18.9 Å². The van der Waals surface area contributed by atoms with E-state index >= 15 is 0 Å². The Morgan fingerprint density at radius 3 is 2.08 bits per heavy atom. The van der Waals surface area contributed by atoms with Crippen molar-refractivity contribution in [2.45, 2.75) is 18.3 Å². The molecule has 4 aromatic rings. The average Bonchev–Trinajstić information content (AvgIpc) is 3.46. The van der Waals surface area contributed by atoms with Crippen LogP contribution in [0.25, 0.3) is 31.9 Å². The van der Waals surface area contributed by atoms with Gasteiger partial charge in [0.05, 0.1) is 36.6 Å². The van der Waals surface area contributed by atoms with Crippen molar-refractivity contribution in [1.82, 2.24) is 4.98 Å². The van der Waals surface area contributed by atoms with Crippen molar-refractivity contribution in [3.63, 3.8) is 0 Å². The summed E-state index contributed by atoms with van der Waals surface area (Å²) < 4.78 is 23.6. The fourth-order valence-corrected chi connectivity index (χ4v) is 6.19. The first-order valence-electron chi connectivity index (χ1n) is 12.5. The van der Waals surface area contributed by atoms with Gasteiger partial charge in [-0.2, -0.15) is 0 Å². The second kappa shape index (κ2) is 11.6. The predicted octanol–water partition coefficient (Wildman–Crippen LogP) is 6.34. The van der Waals surface area contributed by atoms with Gasteiger partial charge in [-0.05, 0) is 53.3 Å². The lowest BCUT2D eigenvalue weighted by Crippen LogP contribution is -2.29. The molecule has 188 valence electrons. The maximum atomic E-state index is 5.99. The summed E-state index contributed by atoms with van der Waals surface area (Å²) in [5.41, 5.74) is 7.30. The molecule has 0 atom stereocenters. The summed E-state index contributed by atoms with van der Waals surface area (Å²) in [7, 11) is 3.41. The minimum absolute atomic E-state index is 0.196. The van der Waals surface area contributed by atoms with Crippen molar-refractivity contribution >= 4 is 21.6 Å². The molecule has 36 heavy (non-hydrogen) atoms. The zero-order valence-electron chi connectivity index (χ0n) is 21.0. The first-order valence-corrected chi connectivity index (χ1v) is 13.3. The summed E-state index contributed by atoms with van der Waals surface area (Å²) in [4.78, 5) is 4.94. The highest BCUT2D eigenvalue weighted by atomic mass is 32.1. The van der Waals surface area contributed by atoms with Gasteiger partial charge in [0.1, 0.15) is 5.01 Å². The molecule has 5 nitrogen and oxygen atoms in total. The molecule has 6 heteroatoms. The van der Waals surface area contributed by atoms with Crippen LogP contribution in [0.5, 0.6) is 0 Å². The number of hydrogen-bond acceptors (Lipinski definition) is 6. The standard InChI is InChI=1S/C30H33NO4S/c1-32-17-19-34-15-13-30(14-16-35-20-18-33-2)25-8-4-3-7-23(25)24-12-11-22(21-26(24)30)29-31-27-9-5-6-10-28(27)36-29/h3-12,21H,13-20H2,1-2H3. The van der Waals surface area contributed by atoms with Gasteiger partial charge < -0.3 is 18.9 Å². The number of fused-ring (bicyclic) bond motifs is 4. The molecule has 5 rings (SSSR count). The highest BCUT2D eigenvalue weighted by Crippen LogP contribution is 2.53. The van der Waals surface area contributed by atoms with Crippen LogP contribution in [0.4, 0.5) is 0 Å². The Morgan fingerprint density at radius 1 is 0.694 bits per heavy atom. The maximum Gasteiger partial charge on any atom is 0.124 e. The molecule has 1 aromatic heterocycles. The van der Waals surface area contributed by atoms with Crippen LogP contribution in [0.3, 0.4) is 0 Å². The highest BCUT2D eigenvalue weighted by Gasteiger charge is 2.42. The summed E-state index contributed by atoms with van der Waals surface area (Å²) in [5, 5.41) is 1.05. The van der Waals surface area contributed by atoms with E-state index in [9.17, 15) is 0 Å². The molecule has 0 unspecified atom stereocenters. The van der Waals surface area contributed by atoms with Crippen LogP contribution in [0.15, 0.2) is 66.7 Å². The van der Waals surface area contributed by atoms with E-state index in [0.717, 1.165) is 28.9 Å². The van der Waals surface area contributed by atoms with Crippen molar-refractivity contribution in [1.29, 1.82) is 0 Å². The third-order valence-electron chi connectivity index (χ3n) is 7.02. The Morgan fingerprint density at radius 2 is 1.36 bits per heavy atom. The van der Waals surface area contributed by atoms with Crippen LogP contribution in [-0.4, -0.2) is 58.8 Å². The number of thiazole rings is 1. The molecule has 1 heterocycles. The number of aromatic nitrogens is 1. The second-order valence-corrected chi connectivity index (χ2v) is 10.1. The summed E-state index contributed by atoms with van der Waals surface area (Å²) >= 11 is 1.75. The molecule has 1 aliphatic carbocycles. The molecular weight excluding hydrogens is 470 g/mol. The Labute approximate surface area is 217 Å². The highest BCUT2D eigenvalue weighted by molar-refractivity contribution is 7.21. The molecule has 3 aromatic carbocycles. The summed E-state index contributed by atoms with van der Waals surface area (Å²) in [6.07, 6.45) is 1.75. The van der Waals surface area contributed by atoms with Gasteiger partial charge in [0.2, 0.25) is 0 Å². The number of rotatable bonds is 13. The van der Waals surface area contributed by atoms with Gasteiger partial charge in [-0.3, -0.25) is 0 Å². The van der Waals surface area contributed by atoms with Gasteiger partial charge in [0, 0.05) is 38.4 Å². The van der Waals surface area contributed by atoms with Crippen molar-refractivity contribution in [3.05, 3.63) is 77.9 Å². The summed E-state index contributed by atoms with van der Waals surface area (Å²) in [6.45, 7) is 3.69. The first kappa shape index (κ1) is 25.1. The maximum absolute atomic E-state index is 5.99. The zero-order chi connectivity index (χ0) is 24.8. The predicted molar refractivity (Wildman–Crippen MR) is 146 cm³/mol. The fraction of sp³-hybridized carbons (Fsp3) is 0.367. The van der Waals surface area contributed by atoms with Crippen LogP contribution in [0.2, 0.25) is 0 Å². The number of para-hydroxylation sites is 1. The van der Waals surface area contributed by atoms with E-state index in [1.165, 1.54) is 27.0 Å². The van der Waals surface area contributed by atoms with E-state index in [4.69, 9.17) is 23.9 Å². The van der Waals surface area contributed by atoms with Gasteiger partial charge >= 0.3 is 0 Å². The molecule has 0 bridgehead atoms. The van der Waals surface area contributed by atoms with Crippen molar-refractivity contribution in [2.24, 2.45) is 0 Å². The fourth-order valence-electron chi connectivity index (χ4n) is 5.23. The number of benzene rings is 3. The Hall–Kier alpha value is -2.61. The van der Waals surface area contributed by atoms with Crippen LogP contribution < -0.4 is 0 Å². The molecule has 0 aliphatic heterocycles. The molecule has 0 radical (unpaired) electrons. The topological polar surface area (TPSA) is 49.8 Å². The van der Waals surface area contributed by atoms with Gasteiger partial charge in [-0.25, -0.2) is 4.98 Å². The van der Waals surface area contributed by atoms with Crippen LogP contribution in [0, 0.1) is 0 Å². The lowest BCUT2D eigenvalue weighted by atomic mass is 9.73. The molecule has 0 fully saturated rings. The Kier molecular flexibility index (Phi) is 8.09. The molecule has 0 spiro atoms. The van der Waals surface area contributed by atoms with Crippen LogP contribution in [-0.2, 0) is 24.4 Å². The van der Waals surface area contributed by atoms with E-state index < -0.39 is 0 Å². The van der Waals surface area contributed by atoms with Gasteiger partial charge in [0.15, 0.2) is 0 Å². The summed E-state index contributed by atoms with van der Waals surface area (Å²) in [6, 6.07) is 24.0. The minimum atomic E-state index is -0.196. The van der Waals surface area contributed by atoms with E-state index in [1.54, 1.807) is 25.6 Å². The number of methoxy groups -OCH3 is 2.